The van der Waals surface area contributed by atoms with Crippen LogP contribution in [-0.2, 0) is 6.54 Å². The predicted octanol–water partition coefficient (Wildman–Crippen LogP) is 3.92. The molecule has 112 valence electrons. The van der Waals surface area contributed by atoms with E-state index in [-0.39, 0.29) is 0 Å². The molecule has 2 aromatic rings. The maximum atomic E-state index is 5.51. The summed E-state index contributed by atoms with van der Waals surface area (Å²) in [6, 6.07) is 10.1. The van der Waals surface area contributed by atoms with Crippen molar-refractivity contribution in [2.45, 2.75) is 40.2 Å². The third-order valence-corrected chi connectivity index (χ3v) is 3.13. The standard InChI is InChI=1S/C17H23N3O/c1-5-21-15-8-6-7-14(10-15)11-18-17-19-13(4)9-16(20-17)12(2)3/h6-10,12H,5,11H2,1-4H3,(H,18,19,20). The van der Waals surface area contributed by atoms with E-state index in [1.54, 1.807) is 0 Å². The molecule has 0 spiro atoms. The number of benzene rings is 1. The van der Waals surface area contributed by atoms with E-state index in [2.05, 4.69) is 35.2 Å². The Kier molecular flexibility index (Phi) is 5.14. The van der Waals surface area contributed by atoms with Gasteiger partial charge in [0.1, 0.15) is 5.75 Å². The first-order valence-electron chi connectivity index (χ1n) is 7.39. The number of nitrogens with one attached hydrogen (secondary N) is 1. The molecule has 0 bridgehead atoms. The van der Waals surface area contributed by atoms with Crippen LogP contribution in [0.4, 0.5) is 5.95 Å². The van der Waals surface area contributed by atoms with Crippen LogP contribution in [0.1, 0.15) is 43.6 Å². The van der Waals surface area contributed by atoms with Crippen LogP contribution in [0.2, 0.25) is 0 Å². The number of aromatic nitrogens is 2. The van der Waals surface area contributed by atoms with E-state index in [1.807, 2.05) is 38.1 Å². The fraction of sp³-hybridized carbons (Fsp3) is 0.412. The van der Waals surface area contributed by atoms with Crippen molar-refractivity contribution in [3.05, 3.63) is 47.3 Å². The van der Waals surface area contributed by atoms with E-state index in [0.29, 0.717) is 25.0 Å². The molecule has 1 N–H and O–H groups in total. The molecule has 1 aromatic carbocycles. The van der Waals surface area contributed by atoms with Gasteiger partial charge in [-0.1, -0.05) is 26.0 Å². The number of nitrogens with zero attached hydrogens (tertiary/aromatic N) is 2. The van der Waals surface area contributed by atoms with Gasteiger partial charge in [0.25, 0.3) is 0 Å². The smallest absolute Gasteiger partial charge is 0.223 e. The van der Waals surface area contributed by atoms with Gasteiger partial charge in [0.05, 0.1) is 6.61 Å². The summed E-state index contributed by atoms with van der Waals surface area (Å²) in [4.78, 5) is 8.99. The summed E-state index contributed by atoms with van der Waals surface area (Å²) < 4.78 is 5.51. The molecule has 0 saturated carbocycles. The van der Waals surface area contributed by atoms with Gasteiger partial charge in [0.15, 0.2) is 0 Å². The van der Waals surface area contributed by atoms with Crippen LogP contribution < -0.4 is 10.1 Å². The molecule has 0 unspecified atom stereocenters. The highest BCUT2D eigenvalue weighted by molar-refractivity contribution is 5.34. The SMILES string of the molecule is CCOc1cccc(CNc2nc(C)cc(C(C)C)n2)c1. The third-order valence-electron chi connectivity index (χ3n) is 3.13. The first-order chi connectivity index (χ1) is 10.1. The van der Waals surface area contributed by atoms with Gasteiger partial charge in [0, 0.05) is 17.9 Å². The van der Waals surface area contributed by atoms with E-state index in [4.69, 9.17) is 4.74 Å². The van der Waals surface area contributed by atoms with Gasteiger partial charge in [0.2, 0.25) is 5.95 Å². The average Bonchev–Trinajstić information content (AvgIpc) is 2.45. The fourth-order valence-electron chi connectivity index (χ4n) is 2.06. The minimum atomic E-state index is 0.397. The molecule has 0 aliphatic rings. The molecule has 0 aliphatic heterocycles. The van der Waals surface area contributed by atoms with Crippen LogP contribution in [0.25, 0.3) is 0 Å². The Morgan fingerprint density at radius 2 is 2.00 bits per heavy atom. The number of aryl methyl sites for hydroxylation is 1. The van der Waals surface area contributed by atoms with Crippen molar-refractivity contribution in [2.75, 3.05) is 11.9 Å². The molecular formula is C17H23N3O. The van der Waals surface area contributed by atoms with Gasteiger partial charge >= 0.3 is 0 Å². The maximum Gasteiger partial charge on any atom is 0.223 e. The van der Waals surface area contributed by atoms with Crippen LogP contribution in [0, 0.1) is 6.92 Å². The number of ether oxygens (including phenoxy) is 1. The van der Waals surface area contributed by atoms with Gasteiger partial charge in [-0.2, -0.15) is 0 Å². The van der Waals surface area contributed by atoms with Gasteiger partial charge < -0.3 is 10.1 Å². The highest BCUT2D eigenvalue weighted by Crippen LogP contribution is 2.16. The lowest BCUT2D eigenvalue weighted by Gasteiger charge is -2.11. The zero-order valence-electron chi connectivity index (χ0n) is 13.2. The highest BCUT2D eigenvalue weighted by atomic mass is 16.5. The van der Waals surface area contributed by atoms with Gasteiger partial charge in [-0.3, -0.25) is 0 Å². The summed E-state index contributed by atoms with van der Waals surface area (Å²) in [7, 11) is 0. The quantitative estimate of drug-likeness (QED) is 0.874. The minimum Gasteiger partial charge on any atom is -0.494 e. The topological polar surface area (TPSA) is 47.0 Å². The molecular weight excluding hydrogens is 262 g/mol. The normalized spacial score (nSPS) is 10.7. The molecule has 1 aromatic heterocycles. The molecule has 4 heteroatoms. The molecule has 0 radical (unpaired) electrons. The van der Waals surface area contributed by atoms with E-state index in [0.717, 1.165) is 22.7 Å². The summed E-state index contributed by atoms with van der Waals surface area (Å²) in [5.74, 6) is 1.97. The van der Waals surface area contributed by atoms with E-state index in [1.165, 1.54) is 0 Å². The maximum absolute atomic E-state index is 5.51. The summed E-state index contributed by atoms with van der Waals surface area (Å²) in [6.45, 7) is 9.61. The monoisotopic (exact) mass is 285 g/mol. The summed E-state index contributed by atoms with van der Waals surface area (Å²) >= 11 is 0. The Bertz CT molecular complexity index is 596. The fourth-order valence-corrected chi connectivity index (χ4v) is 2.06. The van der Waals surface area contributed by atoms with Crippen LogP contribution in [0.15, 0.2) is 30.3 Å². The van der Waals surface area contributed by atoms with Crippen LogP contribution in [-0.4, -0.2) is 16.6 Å². The summed E-state index contributed by atoms with van der Waals surface area (Å²) in [5, 5.41) is 3.29. The second kappa shape index (κ2) is 7.07. The second-order valence-corrected chi connectivity index (χ2v) is 5.35. The molecule has 0 fully saturated rings. The van der Waals surface area contributed by atoms with Gasteiger partial charge in [-0.15, -0.1) is 0 Å². The lowest BCUT2D eigenvalue weighted by Crippen LogP contribution is -2.07. The molecule has 0 aliphatic carbocycles. The first kappa shape index (κ1) is 15.3. The Balaban J connectivity index is 2.07. The van der Waals surface area contributed by atoms with Crippen molar-refractivity contribution in [2.24, 2.45) is 0 Å². The Labute approximate surface area is 126 Å². The molecule has 1 heterocycles. The molecule has 0 saturated heterocycles. The van der Waals surface area contributed by atoms with Crippen molar-refractivity contribution < 1.29 is 4.74 Å². The molecule has 21 heavy (non-hydrogen) atoms. The summed E-state index contributed by atoms with van der Waals surface area (Å²) in [6.07, 6.45) is 0. The number of rotatable bonds is 6. The largest absolute Gasteiger partial charge is 0.494 e. The van der Waals surface area contributed by atoms with E-state index < -0.39 is 0 Å². The van der Waals surface area contributed by atoms with Crippen molar-refractivity contribution in [3.8, 4) is 5.75 Å². The average molecular weight is 285 g/mol. The molecule has 0 atom stereocenters. The molecule has 4 nitrogen and oxygen atoms in total. The van der Waals surface area contributed by atoms with Gasteiger partial charge in [-0.05, 0) is 43.5 Å². The minimum absolute atomic E-state index is 0.397. The van der Waals surface area contributed by atoms with Crippen LogP contribution >= 0.6 is 0 Å². The Morgan fingerprint density at radius 1 is 1.19 bits per heavy atom. The lowest BCUT2D eigenvalue weighted by atomic mass is 10.1. The van der Waals surface area contributed by atoms with Crippen molar-refractivity contribution in [1.82, 2.24) is 9.97 Å². The van der Waals surface area contributed by atoms with Crippen molar-refractivity contribution >= 4 is 5.95 Å². The Morgan fingerprint density at radius 3 is 2.71 bits per heavy atom. The van der Waals surface area contributed by atoms with Crippen molar-refractivity contribution in [3.63, 3.8) is 0 Å². The number of hydrogen-bond acceptors (Lipinski definition) is 4. The predicted molar refractivity (Wildman–Crippen MR) is 85.8 cm³/mol. The number of anilines is 1. The van der Waals surface area contributed by atoms with E-state index in [9.17, 15) is 0 Å². The second-order valence-electron chi connectivity index (χ2n) is 5.35. The van der Waals surface area contributed by atoms with Gasteiger partial charge in [-0.25, -0.2) is 9.97 Å². The van der Waals surface area contributed by atoms with Crippen molar-refractivity contribution in [1.29, 1.82) is 0 Å². The molecule has 2 rings (SSSR count). The zero-order valence-corrected chi connectivity index (χ0v) is 13.2. The van der Waals surface area contributed by atoms with Crippen LogP contribution in [0.5, 0.6) is 5.75 Å². The first-order valence-corrected chi connectivity index (χ1v) is 7.39. The Hall–Kier alpha value is -2.10. The highest BCUT2D eigenvalue weighted by Gasteiger charge is 2.06. The lowest BCUT2D eigenvalue weighted by molar-refractivity contribution is 0.340. The van der Waals surface area contributed by atoms with Crippen LogP contribution in [0.3, 0.4) is 0 Å². The third kappa shape index (κ3) is 4.45. The zero-order chi connectivity index (χ0) is 15.2. The number of hydrogen-bond donors (Lipinski definition) is 1. The summed E-state index contributed by atoms with van der Waals surface area (Å²) in [5.41, 5.74) is 3.20. The molecule has 0 amide bonds. The van der Waals surface area contributed by atoms with E-state index >= 15 is 0 Å².